The van der Waals surface area contributed by atoms with Gasteiger partial charge in [-0.05, 0) is 28.3 Å². The lowest BCUT2D eigenvalue weighted by atomic mass is 10.2. The molecular weight excluding hydrogens is 453 g/mol. The molecule has 0 atom stereocenters. The van der Waals surface area contributed by atoms with Crippen LogP contribution in [0.1, 0.15) is 18.2 Å². The van der Waals surface area contributed by atoms with Crippen LogP contribution >= 0.6 is 0 Å². The summed E-state index contributed by atoms with van der Waals surface area (Å²) in [6.45, 7) is 1.59. The number of non-ortho nitro benzene ring substituents is 1. The fraction of sp³-hybridized carbons (Fsp3) is 0.200. The molecule has 1 aliphatic rings. The molecule has 164 valence electrons. The number of nitro groups is 1. The molecule has 0 saturated heterocycles. The van der Waals surface area contributed by atoms with E-state index in [0.29, 0.717) is 6.20 Å². The zero-order chi connectivity index (χ0) is 22.9. The van der Waals surface area contributed by atoms with Crippen LogP contribution in [0.3, 0.4) is 0 Å². The fourth-order valence-electron chi connectivity index (χ4n) is 2.36. The molecule has 30 heavy (non-hydrogen) atoms. The van der Waals surface area contributed by atoms with Crippen molar-refractivity contribution in [1.82, 2.24) is 9.71 Å². The molecule has 2 heterocycles. The maximum absolute atomic E-state index is 12.5. The Kier molecular flexibility index (Phi) is 6.29. The first-order valence-electron chi connectivity index (χ1n) is 7.95. The molecule has 1 aromatic carbocycles. The van der Waals surface area contributed by atoms with Gasteiger partial charge < -0.3 is 4.72 Å². The van der Waals surface area contributed by atoms with E-state index >= 15 is 0 Å². The Hall–Kier alpha value is -2.91. The Bertz CT molecular complexity index is 1150. The van der Waals surface area contributed by atoms with Crippen LogP contribution in [-0.2, 0) is 26.4 Å². The molecule has 0 unspecified atom stereocenters. The Labute approximate surface area is 169 Å². The lowest BCUT2D eigenvalue weighted by molar-refractivity contribution is -0.384. The molecule has 15 heteroatoms. The SMILES string of the molecule is CC[SH]1(=O)NC(=N)c2ncc(C(F)(F)F)cc21.O=[N+]([O-])c1ccc(S(=O)(=O)O)cc1. The van der Waals surface area contributed by atoms with Crippen LogP contribution in [0, 0.1) is 15.5 Å². The number of thiol groups is 1. The van der Waals surface area contributed by atoms with Gasteiger partial charge in [0.05, 0.1) is 20.3 Å². The number of hydrogen-bond donors (Lipinski definition) is 4. The summed E-state index contributed by atoms with van der Waals surface area (Å²) in [5, 5.41) is 17.6. The van der Waals surface area contributed by atoms with E-state index in [4.69, 9.17) is 9.96 Å². The van der Waals surface area contributed by atoms with Crippen LogP contribution in [0.4, 0.5) is 18.9 Å². The van der Waals surface area contributed by atoms with Crippen molar-refractivity contribution >= 4 is 31.8 Å². The highest BCUT2D eigenvalue weighted by Gasteiger charge is 2.37. The van der Waals surface area contributed by atoms with E-state index in [2.05, 4.69) is 9.71 Å². The highest BCUT2D eigenvalue weighted by atomic mass is 32.3. The summed E-state index contributed by atoms with van der Waals surface area (Å²) in [6, 6.07) is 4.76. The number of amidine groups is 1. The molecule has 0 radical (unpaired) electrons. The highest BCUT2D eigenvalue weighted by Crippen LogP contribution is 2.34. The predicted molar refractivity (Wildman–Crippen MR) is 100 cm³/mol. The number of nitro benzene ring substituents is 1. The average Bonchev–Trinajstić information content (AvgIpc) is 2.92. The van der Waals surface area contributed by atoms with Crippen molar-refractivity contribution in [3.63, 3.8) is 0 Å². The van der Waals surface area contributed by atoms with Crippen molar-refractivity contribution < 1.29 is 35.3 Å². The van der Waals surface area contributed by atoms with E-state index in [-0.39, 0.29) is 32.8 Å². The number of nitrogens with zero attached hydrogens (tertiary/aromatic N) is 2. The smallest absolute Gasteiger partial charge is 0.306 e. The number of aromatic nitrogens is 1. The summed E-state index contributed by atoms with van der Waals surface area (Å²) in [4.78, 5) is 12.7. The summed E-state index contributed by atoms with van der Waals surface area (Å²) < 4.78 is 81.7. The zero-order valence-electron chi connectivity index (χ0n) is 15.0. The lowest BCUT2D eigenvalue weighted by Gasteiger charge is -2.17. The van der Waals surface area contributed by atoms with E-state index in [1.165, 1.54) is 0 Å². The summed E-state index contributed by atoms with van der Waals surface area (Å²) in [7, 11) is -7.40. The van der Waals surface area contributed by atoms with Crippen molar-refractivity contribution in [2.45, 2.75) is 22.9 Å². The number of fused-ring (bicyclic) bond motifs is 1. The van der Waals surface area contributed by atoms with Gasteiger partial charge in [0.15, 0.2) is 5.84 Å². The van der Waals surface area contributed by atoms with E-state index in [0.717, 1.165) is 30.3 Å². The third-order valence-corrected chi connectivity index (χ3v) is 7.37. The molecule has 0 aliphatic carbocycles. The molecule has 3 N–H and O–H groups in total. The van der Waals surface area contributed by atoms with Gasteiger partial charge in [-0.2, -0.15) is 21.6 Å². The third kappa shape index (κ3) is 4.98. The third-order valence-electron chi connectivity index (χ3n) is 3.90. The van der Waals surface area contributed by atoms with Gasteiger partial charge in [-0.15, -0.1) is 0 Å². The quantitative estimate of drug-likeness (QED) is 0.232. The first kappa shape index (κ1) is 23.4. The van der Waals surface area contributed by atoms with Crippen molar-refractivity contribution in [2.24, 2.45) is 0 Å². The van der Waals surface area contributed by atoms with Gasteiger partial charge in [-0.1, -0.05) is 6.92 Å². The molecule has 3 rings (SSSR count). The molecule has 0 bridgehead atoms. The molecule has 0 amide bonds. The minimum Gasteiger partial charge on any atom is -0.306 e. The van der Waals surface area contributed by atoms with E-state index in [1.807, 2.05) is 0 Å². The normalized spacial score (nSPS) is 16.0. The molecule has 1 aliphatic heterocycles. The highest BCUT2D eigenvalue weighted by molar-refractivity contribution is 8.02. The first-order valence-corrected chi connectivity index (χ1v) is 11.3. The molecule has 10 nitrogen and oxygen atoms in total. The second-order valence-corrected chi connectivity index (χ2v) is 10.1. The van der Waals surface area contributed by atoms with Crippen molar-refractivity contribution in [3.8, 4) is 0 Å². The van der Waals surface area contributed by atoms with Gasteiger partial charge in [0, 0.05) is 24.1 Å². The minimum atomic E-state index is -4.52. The number of hydrogen-bond acceptors (Lipinski definition) is 7. The second-order valence-electron chi connectivity index (χ2n) is 5.86. The van der Waals surface area contributed by atoms with Gasteiger partial charge in [-0.25, -0.2) is 0 Å². The van der Waals surface area contributed by atoms with Crippen LogP contribution in [0.2, 0.25) is 0 Å². The maximum Gasteiger partial charge on any atom is 0.417 e. The summed E-state index contributed by atoms with van der Waals surface area (Å²) in [6.07, 6.45) is -3.87. The van der Waals surface area contributed by atoms with Crippen molar-refractivity contribution in [3.05, 3.63) is 57.9 Å². The summed E-state index contributed by atoms with van der Waals surface area (Å²) >= 11 is 0. The molecular formula is C15H15F3N4O6S2. The number of rotatable bonds is 3. The van der Waals surface area contributed by atoms with Gasteiger partial charge in [0.25, 0.3) is 15.8 Å². The van der Waals surface area contributed by atoms with E-state index < -0.39 is 36.9 Å². The Morgan fingerprint density at radius 1 is 1.30 bits per heavy atom. The average molecular weight is 468 g/mol. The molecule has 0 saturated carbocycles. The number of pyridine rings is 1. The Morgan fingerprint density at radius 2 is 1.87 bits per heavy atom. The van der Waals surface area contributed by atoms with E-state index in [9.17, 15) is 35.9 Å². The van der Waals surface area contributed by atoms with Crippen LogP contribution < -0.4 is 4.72 Å². The summed E-state index contributed by atoms with van der Waals surface area (Å²) in [5.74, 6) is -0.0374. The largest absolute Gasteiger partial charge is 0.417 e. The number of alkyl halides is 3. The molecule has 2 aromatic rings. The van der Waals surface area contributed by atoms with Crippen LogP contribution in [0.25, 0.3) is 0 Å². The minimum absolute atomic E-state index is 0.000162. The lowest BCUT2D eigenvalue weighted by Crippen LogP contribution is -2.30. The predicted octanol–water partition coefficient (Wildman–Crippen LogP) is 2.18. The van der Waals surface area contributed by atoms with Gasteiger partial charge in [0.1, 0.15) is 5.69 Å². The monoisotopic (exact) mass is 468 g/mol. The Morgan fingerprint density at radius 3 is 2.30 bits per heavy atom. The van der Waals surface area contributed by atoms with Crippen LogP contribution in [-0.4, -0.2) is 38.7 Å². The number of halogens is 3. The van der Waals surface area contributed by atoms with E-state index in [1.54, 1.807) is 6.92 Å². The summed E-state index contributed by atoms with van der Waals surface area (Å²) in [5.41, 5.74) is -1.13. The van der Waals surface area contributed by atoms with Gasteiger partial charge in [0.2, 0.25) is 0 Å². The standard InChI is InChI=1S/C9H10F3N3OS.C6H5NO5S/c1-2-17(16)6-3-5(9(10,11)12)4-14-7(6)8(13)15-17;8-7(9)5-1-3-6(4-2-5)13(10,11)12/h3-4,17H,2H2,1H3,(H2,13,15,16);1-4H,(H,10,11,12). The van der Waals surface area contributed by atoms with Crippen LogP contribution in [0.5, 0.6) is 0 Å². The van der Waals surface area contributed by atoms with Crippen LogP contribution in [0.15, 0.2) is 46.3 Å². The van der Waals surface area contributed by atoms with Gasteiger partial charge >= 0.3 is 6.18 Å². The second kappa shape index (κ2) is 8.08. The molecule has 1 aromatic heterocycles. The fourth-order valence-corrected chi connectivity index (χ4v) is 4.78. The van der Waals surface area contributed by atoms with Gasteiger partial charge in [-0.3, -0.25) is 29.3 Å². The van der Waals surface area contributed by atoms with Crippen molar-refractivity contribution in [1.29, 1.82) is 5.41 Å². The topological polar surface area (TPSA) is 163 Å². The maximum atomic E-state index is 12.5. The number of benzene rings is 1. The number of nitrogens with one attached hydrogen (secondary N) is 2. The Balaban J connectivity index is 0.000000222. The first-order chi connectivity index (χ1) is 13.7. The molecule has 0 fully saturated rings. The zero-order valence-corrected chi connectivity index (χ0v) is 16.8. The van der Waals surface area contributed by atoms with Crippen molar-refractivity contribution in [2.75, 3.05) is 5.75 Å². The molecule has 0 spiro atoms.